The molecule has 1 unspecified atom stereocenters. The van der Waals surface area contributed by atoms with Crippen molar-refractivity contribution < 1.29 is 13.5 Å². The van der Waals surface area contributed by atoms with Crippen LogP contribution in [0.5, 0.6) is 5.75 Å². The number of rotatable bonds is 4. The van der Waals surface area contributed by atoms with E-state index in [1.165, 1.54) is 29.5 Å². The van der Waals surface area contributed by atoms with E-state index in [1.54, 1.807) is 13.2 Å². The molecule has 1 aromatic heterocycles. The number of thiophene rings is 1. The van der Waals surface area contributed by atoms with Gasteiger partial charge in [0.05, 0.1) is 17.4 Å². The van der Waals surface area contributed by atoms with Crippen molar-refractivity contribution in [1.82, 2.24) is 0 Å². The molecular formula is C13H11ClF2OS. The number of ether oxygens (including phenoxy) is 1. The van der Waals surface area contributed by atoms with E-state index in [9.17, 15) is 8.78 Å². The minimum Gasteiger partial charge on any atom is -0.496 e. The van der Waals surface area contributed by atoms with Gasteiger partial charge in [-0.3, -0.25) is 0 Å². The normalized spacial score (nSPS) is 12.4. The summed E-state index contributed by atoms with van der Waals surface area (Å²) in [6.45, 7) is 0. The summed E-state index contributed by atoms with van der Waals surface area (Å²) in [5.41, 5.74) is 0.00736. The predicted octanol–water partition coefficient (Wildman–Crippen LogP) is 4.56. The molecule has 2 aromatic rings. The van der Waals surface area contributed by atoms with Crippen LogP contribution in [0.3, 0.4) is 0 Å². The molecule has 0 saturated heterocycles. The van der Waals surface area contributed by atoms with Gasteiger partial charge in [-0.1, -0.05) is 6.07 Å². The Kier molecular flexibility index (Phi) is 4.19. The van der Waals surface area contributed by atoms with Gasteiger partial charge in [-0.05, 0) is 30.0 Å². The molecule has 0 radical (unpaired) electrons. The van der Waals surface area contributed by atoms with Crippen LogP contribution >= 0.6 is 22.9 Å². The highest BCUT2D eigenvalue weighted by molar-refractivity contribution is 7.10. The molecule has 0 aliphatic rings. The Morgan fingerprint density at radius 1 is 1.28 bits per heavy atom. The Hall–Kier alpha value is -1.13. The van der Waals surface area contributed by atoms with E-state index in [-0.39, 0.29) is 12.0 Å². The highest BCUT2D eigenvalue weighted by Crippen LogP contribution is 2.37. The summed E-state index contributed by atoms with van der Waals surface area (Å²) < 4.78 is 32.2. The standard InChI is InChI=1S/C13H11ClF2OS/c1-17-12-5-6-18-13(12)9(14)7-8-10(15)3-2-4-11(8)16/h2-6,9H,7H2,1H3. The molecule has 0 N–H and O–H groups in total. The van der Waals surface area contributed by atoms with Crippen molar-refractivity contribution in [3.63, 3.8) is 0 Å². The molecule has 1 aromatic carbocycles. The highest BCUT2D eigenvalue weighted by atomic mass is 35.5. The van der Waals surface area contributed by atoms with E-state index in [0.717, 1.165) is 4.88 Å². The first-order valence-electron chi connectivity index (χ1n) is 5.31. The smallest absolute Gasteiger partial charge is 0.134 e. The first-order chi connectivity index (χ1) is 8.63. The van der Waals surface area contributed by atoms with Crippen LogP contribution in [0.1, 0.15) is 15.8 Å². The van der Waals surface area contributed by atoms with Gasteiger partial charge >= 0.3 is 0 Å². The third-order valence-corrected chi connectivity index (χ3v) is 4.12. The van der Waals surface area contributed by atoms with Crippen molar-refractivity contribution in [2.75, 3.05) is 7.11 Å². The molecule has 2 rings (SSSR count). The van der Waals surface area contributed by atoms with E-state index in [1.807, 2.05) is 5.38 Å². The van der Waals surface area contributed by atoms with Crippen LogP contribution < -0.4 is 4.74 Å². The van der Waals surface area contributed by atoms with Gasteiger partial charge in [0.15, 0.2) is 0 Å². The lowest BCUT2D eigenvalue weighted by molar-refractivity contribution is 0.411. The molecule has 1 atom stereocenters. The van der Waals surface area contributed by atoms with E-state index in [4.69, 9.17) is 16.3 Å². The van der Waals surface area contributed by atoms with Crippen molar-refractivity contribution in [2.24, 2.45) is 0 Å². The average molecular weight is 289 g/mol. The zero-order valence-electron chi connectivity index (χ0n) is 9.62. The van der Waals surface area contributed by atoms with Crippen LogP contribution in [0.4, 0.5) is 8.78 Å². The number of hydrogen-bond donors (Lipinski definition) is 0. The van der Waals surface area contributed by atoms with Crippen LogP contribution in [0.25, 0.3) is 0 Å². The zero-order valence-corrected chi connectivity index (χ0v) is 11.2. The zero-order chi connectivity index (χ0) is 13.1. The Morgan fingerprint density at radius 3 is 2.56 bits per heavy atom. The molecule has 0 aliphatic carbocycles. The SMILES string of the molecule is COc1ccsc1C(Cl)Cc1c(F)cccc1F. The van der Waals surface area contributed by atoms with Crippen LogP contribution in [0.15, 0.2) is 29.6 Å². The second-order valence-corrected chi connectivity index (χ2v) is 5.20. The fourth-order valence-electron chi connectivity index (χ4n) is 1.71. The highest BCUT2D eigenvalue weighted by Gasteiger charge is 2.19. The maximum Gasteiger partial charge on any atom is 0.134 e. The van der Waals surface area contributed by atoms with Crippen molar-refractivity contribution in [3.8, 4) is 5.75 Å². The quantitative estimate of drug-likeness (QED) is 0.750. The van der Waals surface area contributed by atoms with Crippen molar-refractivity contribution in [1.29, 1.82) is 0 Å². The van der Waals surface area contributed by atoms with Gasteiger partial charge in [0.2, 0.25) is 0 Å². The van der Waals surface area contributed by atoms with Crippen LogP contribution in [-0.4, -0.2) is 7.11 Å². The minimum atomic E-state index is -0.573. The maximum absolute atomic E-state index is 13.5. The van der Waals surface area contributed by atoms with E-state index in [2.05, 4.69) is 0 Å². The van der Waals surface area contributed by atoms with Gasteiger partial charge in [-0.25, -0.2) is 8.78 Å². The molecule has 96 valence electrons. The fraction of sp³-hybridized carbons (Fsp3) is 0.231. The predicted molar refractivity (Wildman–Crippen MR) is 69.5 cm³/mol. The molecule has 18 heavy (non-hydrogen) atoms. The van der Waals surface area contributed by atoms with Gasteiger partial charge in [0, 0.05) is 5.56 Å². The van der Waals surface area contributed by atoms with Crippen LogP contribution in [0, 0.1) is 11.6 Å². The van der Waals surface area contributed by atoms with Crippen molar-refractivity contribution in [3.05, 3.63) is 51.7 Å². The Morgan fingerprint density at radius 2 is 1.94 bits per heavy atom. The Balaban J connectivity index is 2.24. The fourth-order valence-corrected chi connectivity index (χ4v) is 2.96. The lowest BCUT2D eigenvalue weighted by atomic mass is 10.1. The van der Waals surface area contributed by atoms with Gasteiger partial charge in [0.25, 0.3) is 0 Å². The van der Waals surface area contributed by atoms with E-state index < -0.39 is 17.0 Å². The molecule has 5 heteroatoms. The third kappa shape index (κ3) is 2.65. The van der Waals surface area contributed by atoms with Crippen LogP contribution in [-0.2, 0) is 6.42 Å². The molecule has 0 saturated carbocycles. The summed E-state index contributed by atoms with van der Waals surface area (Å²) in [5, 5.41) is 1.33. The van der Waals surface area contributed by atoms with Crippen LogP contribution in [0.2, 0.25) is 0 Å². The summed E-state index contributed by atoms with van der Waals surface area (Å²) in [6.07, 6.45) is 0.0942. The molecule has 0 bridgehead atoms. The molecule has 0 spiro atoms. The summed E-state index contributed by atoms with van der Waals surface area (Å²) in [6, 6.07) is 5.58. The number of hydrogen-bond acceptors (Lipinski definition) is 2. The summed E-state index contributed by atoms with van der Waals surface area (Å²) in [5.74, 6) is -0.496. The molecular weight excluding hydrogens is 278 g/mol. The first-order valence-corrected chi connectivity index (χ1v) is 6.63. The van der Waals surface area contributed by atoms with Gasteiger partial charge in [0.1, 0.15) is 17.4 Å². The summed E-state index contributed by atoms with van der Waals surface area (Å²) >= 11 is 7.62. The van der Waals surface area contributed by atoms with Gasteiger partial charge < -0.3 is 4.74 Å². The van der Waals surface area contributed by atoms with Gasteiger partial charge in [-0.2, -0.15) is 0 Å². The largest absolute Gasteiger partial charge is 0.496 e. The second-order valence-electron chi connectivity index (χ2n) is 3.73. The van der Waals surface area contributed by atoms with Crippen molar-refractivity contribution in [2.45, 2.75) is 11.8 Å². The Bertz CT molecular complexity index is 521. The topological polar surface area (TPSA) is 9.23 Å². The maximum atomic E-state index is 13.5. The lowest BCUT2D eigenvalue weighted by Crippen LogP contribution is -2.01. The number of alkyl halides is 1. The number of halogens is 3. The summed E-state index contributed by atoms with van der Waals surface area (Å²) in [7, 11) is 1.54. The minimum absolute atomic E-state index is 0.00736. The first kappa shape index (κ1) is 13.3. The molecule has 0 fully saturated rings. The second kappa shape index (κ2) is 5.67. The summed E-state index contributed by atoms with van der Waals surface area (Å²) in [4.78, 5) is 0.779. The van der Waals surface area contributed by atoms with E-state index >= 15 is 0 Å². The molecule has 1 heterocycles. The molecule has 1 nitrogen and oxygen atoms in total. The number of methoxy groups -OCH3 is 1. The Labute approximate surface area is 113 Å². The monoisotopic (exact) mass is 288 g/mol. The molecule has 0 aliphatic heterocycles. The average Bonchev–Trinajstić information content (AvgIpc) is 2.82. The molecule has 0 amide bonds. The van der Waals surface area contributed by atoms with Crippen molar-refractivity contribution >= 4 is 22.9 Å². The number of benzene rings is 1. The van der Waals surface area contributed by atoms with E-state index in [0.29, 0.717) is 5.75 Å². The third-order valence-electron chi connectivity index (χ3n) is 2.61. The van der Waals surface area contributed by atoms with Gasteiger partial charge in [-0.15, -0.1) is 22.9 Å². The lowest BCUT2D eigenvalue weighted by Gasteiger charge is -2.11.